The topological polar surface area (TPSA) is 115 Å². The van der Waals surface area contributed by atoms with Crippen molar-refractivity contribution in [1.82, 2.24) is 9.97 Å². The molecule has 0 saturated heterocycles. The third-order valence-electron chi connectivity index (χ3n) is 2.99. The van der Waals surface area contributed by atoms with Crippen LogP contribution in [0.3, 0.4) is 0 Å². The first kappa shape index (κ1) is 16.8. The first-order valence-corrected chi connectivity index (χ1v) is 7.11. The van der Waals surface area contributed by atoms with Gasteiger partial charge in [0.2, 0.25) is 5.95 Å². The number of hydrogen-bond donors (Lipinski definition) is 2. The van der Waals surface area contributed by atoms with Gasteiger partial charge in [0.05, 0.1) is 0 Å². The Balaban J connectivity index is 2.10. The number of aromatic amines is 1. The van der Waals surface area contributed by atoms with Gasteiger partial charge in [0, 0.05) is 5.56 Å². The summed E-state index contributed by atoms with van der Waals surface area (Å²) in [5, 5.41) is 20.2. The zero-order valence-corrected chi connectivity index (χ0v) is 13.3. The molecule has 2 rings (SSSR count). The first-order chi connectivity index (χ1) is 11.5. The number of benzene rings is 1. The lowest BCUT2D eigenvalue weighted by Gasteiger charge is -2.06. The van der Waals surface area contributed by atoms with E-state index in [-0.39, 0.29) is 17.3 Å². The fourth-order valence-corrected chi connectivity index (χ4v) is 1.81. The van der Waals surface area contributed by atoms with Crippen LogP contribution in [0.25, 0.3) is 0 Å². The normalized spacial score (nSPS) is 9.50. The van der Waals surface area contributed by atoms with E-state index >= 15 is 0 Å². The third kappa shape index (κ3) is 4.21. The average molecular weight is 321 g/mol. The van der Waals surface area contributed by atoms with Gasteiger partial charge >= 0.3 is 0 Å². The van der Waals surface area contributed by atoms with Gasteiger partial charge in [0.15, 0.2) is 11.4 Å². The predicted octanol–water partition coefficient (Wildman–Crippen LogP) is 2.75. The van der Waals surface area contributed by atoms with Crippen LogP contribution in [0.2, 0.25) is 0 Å². The number of allylic oxidation sites excluding steroid dienone is 1. The molecule has 0 unspecified atom stereocenters. The zero-order valence-electron chi connectivity index (χ0n) is 13.3. The average Bonchev–Trinajstić information content (AvgIpc) is 2.96. The molecule has 0 aliphatic rings. The lowest BCUT2D eigenvalue weighted by molar-refractivity contribution is 0.102. The largest absolute Gasteiger partial charge is 0.490 e. The molecule has 0 atom stereocenters. The number of aromatic nitrogens is 2. The third-order valence-corrected chi connectivity index (χ3v) is 2.99. The summed E-state index contributed by atoms with van der Waals surface area (Å²) < 4.78 is 5.55. The molecule has 1 amide bonds. The quantitative estimate of drug-likeness (QED) is 0.822. The van der Waals surface area contributed by atoms with Gasteiger partial charge in [-0.25, -0.2) is 4.98 Å². The highest BCUT2D eigenvalue weighted by atomic mass is 16.5. The SMILES string of the molecule is CC(C)=CCOc1cccc(C(=O)Nc2nc(C#N)c(C#N)[nH]2)c1. The number of nitrogens with zero attached hydrogens (tertiary/aromatic N) is 3. The van der Waals surface area contributed by atoms with Crippen LogP contribution < -0.4 is 10.1 Å². The molecule has 120 valence electrons. The van der Waals surface area contributed by atoms with Gasteiger partial charge in [-0.15, -0.1) is 0 Å². The van der Waals surface area contributed by atoms with E-state index in [9.17, 15) is 4.79 Å². The van der Waals surface area contributed by atoms with E-state index in [1.165, 1.54) is 0 Å². The molecule has 0 aliphatic heterocycles. The number of hydrogen-bond acceptors (Lipinski definition) is 5. The minimum absolute atomic E-state index is 0.00612. The van der Waals surface area contributed by atoms with Gasteiger partial charge in [-0.05, 0) is 38.1 Å². The maximum Gasteiger partial charge on any atom is 0.258 e. The van der Waals surface area contributed by atoms with Crippen molar-refractivity contribution in [1.29, 1.82) is 10.5 Å². The molecule has 2 aromatic rings. The van der Waals surface area contributed by atoms with Gasteiger partial charge in [0.1, 0.15) is 24.5 Å². The molecule has 1 aromatic heterocycles. The molecule has 24 heavy (non-hydrogen) atoms. The number of nitrogens with one attached hydrogen (secondary N) is 2. The monoisotopic (exact) mass is 321 g/mol. The highest BCUT2D eigenvalue weighted by Crippen LogP contribution is 2.15. The number of amides is 1. The molecular formula is C17H15N5O2. The van der Waals surface area contributed by atoms with E-state index in [1.54, 1.807) is 36.4 Å². The van der Waals surface area contributed by atoms with E-state index < -0.39 is 5.91 Å². The number of rotatable bonds is 5. The predicted molar refractivity (Wildman–Crippen MR) is 87.3 cm³/mol. The molecular weight excluding hydrogens is 306 g/mol. The maximum atomic E-state index is 12.2. The number of carbonyl (C=O) groups is 1. The molecule has 7 nitrogen and oxygen atoms in total. The molecule has 7 heteroatoms. The molecule has 0 radical (unpaired) electrons. The summed E-state index contributed by atoms with van der Waals surface area (Å²) in [4.78, 5) is 18.7. The number of carbonyl (C=O) groups excluding carboxylic acids is 1. The van der Waals surface area contributed by atoms with Crippen molar-refractivity contribution in [3.8, 4) is 17.9 Å². The number of H-pyrrole nitrogens is 1. The molecule has 0 aliphatic carbocycles. The maximum absolute atomic E-state index is 12.2. The molecule has 1 aromatic carbocycles. The van der Waals surface area contributed by atoms with Gasteiger partial charge in [-0.2, -0.15) is 10.5 Å². The van der Waals surface area contributed by atoms with Crippen LogP contribution in [0.5, 0.6) is 5.75 Å². The first-order valence-electron chi connectivity index (χ1n) is 7.11. The summed E-state index contributed by atoms with van der Waals surface area (Å²) in [6.45, 7) is 4.37. The fraction of sp³-hybridized carbons (Fsp3) is 0.176. The Morgan fingerprint density at radius 3 is 2.79 bits per heavy atom. The lowest BCUT2D eigenvalue weighted by Crippen LogP contribution is -2.13. The van der Waals surface area contributed by atoms with Crippen LogP contribution in [0, 0.1) is 22.7 Å². The molecule has 1 heterocycles. The van der Waals surface area contributed by atoms with E-state index in [0.29, 0.717) is 17.9 Å². The van der Waals surface area contributed by atoms with Crippen LogP contribution in [0.4, 0.5) is 5.95 Å². The van der Waals surface area contributed by atoms with Crippen LogP contribution in [-0.4, -0.2) is 22.5 Å². The number of anilines is 1. The van der Waals surface area contributed by atoms with Crippen molar-refractivity contribution >= 4 is 11.9 Å². The molecule has 0 spiro atoms. The Kier molecular flexibility index (Phi) is 5.32. The van der Waals surface area contributed by atoms with E-state index in [2.05, 4.69) is 15.3 Å². The smallest absolute Gasteiger partial charge is 0.258 e. The van der Waals surface area contributed by atoms with E-state index in [4.69, 9.17) is 15.3 Å². The number of nitriles is 2. The van der Waals surface area contributed by atoms with E-state index in [1.807, 2.05) is 19.9 Å². The Bertz CT molecular complexity index is 832. The fourth-order valence-electron chi connectivity index (χ4n) is 1.81. The summed E-state index contributed by atoms with van der Waals surface area (Å²) in [5.41, 5.74) is 1.46. The Morgan fingerprint density at radius 1 is 1.38 bits per heavy atom. The van der Waals surface area contributed by atoms with E-state index in [0.717, 1.165) is 5.57 Å². The standard InChI is InChI=1S/C17H15N5O2/c1-11(2)6-7-24-13-5-3-4-12(8-13)16(23)22-17-20-14(9-18)15(10-19)21-17/h3-6,8H,7H2,1-2H3,(H2,20,21,22,23). The van der Waals surface area contributed by atoms with Crippen LogP contribution in [-0.2, 0) is 0 Å². The van der Waals surface area contributed by atoms with Crippen molar-refractivity contribution in [2.75, 3.05) is 11.9 Å². The zero-order chi connectivity index (χ0) is 17.5. The van der Waals surface area contributed by atoms with Crippen molar-refractivity contribution in [2.24, 2.45) is 0 Å². The molecule has 0 bridgehead atoms. The Hall–Kier alpha value is -3.58. The van der Waals surface area contributed by atoms with Gasteiger partial charge in [-0.1, -0.05) is 11.6 Å². The minimum Gasteiger partial charge on any atom is -0.490 e. The Labute approximate surface area is 139 Å². The van der Waals surface area contributed by atoms with Gasteiger partial charge < -0.3 is 9.72 Å². The highest BCUT2D eigenvalue weighted by Gasteiger charge is 2.13. The van der Waals surface area contributed by atoms with Crippen LogP contribution in [0.15, 0.2) is 35.9 Å². The molecule has 0 saturated carbocycles. The summed E-state index contributed by atoms with van der Waals surface area (Å²) in [7, 11) is 0. The summed E-state index contributed by atoms with van der Waals surface area (Å²) in [6.07, 6.45) is 1.93. The van der Waals surface area contributed by atoms with Crippen molar-refractivity contribution in [3.05, 3.63) is 52.9 Å². The Morgan fingerprint density at radius 2 is 2.17 bits per heavy atom. The highest BCUT2D eigenvalue weighted by molar-refractivity contribution is 6.03. The van der Waals surface area contributed by atoms with Gasteiger partial charge in [0.25, 0.3) is 5.91 Å². The number of imidazole rings is 1. The van der Waals surface area contributed by atoms with Gasteiger partial charge in [-0.3, -0.25) is 10.1 Å². The number of ether oxygens (including phenoxy) is 1. The van der Waals surface area contributed by atoms with Crippen molar-refractivity contribution in [2.45, 2.75) is 13.8 Å². The lowest BCUT2D eigenvalue weighted by atomic mass is 10.2. The minimum atomic E-state index is -0.426. The second-order valence-electron chi connectivity index (χ2n) is 5.11. The van der Waals surface area contributed by atoms with Crippen LogP contribution >= 0.6 is 0 Å². The summed E-state index contributed by atoms with van der Waals surface area (Å²) in [5.74, 6) is 0.185. The summed E-state index contributed by atoms with van der Waals surface area (Å²) >= 11 is 0. The van der Waals surface area contributed by atoms with Crippen molar-refractivity contribution < 1.29 is 9.53 Å². The second-order valence-corrected chi connectivity index (χ2v) is 5.11. The van der Waals surface area contributed by atoms with Crippen LogP contribution in [0.1, 0.15) is 35.6 Å². The molecule has 2 N–H and O–H groups in total. The van der Waals surface area contributed by atoms with Crippen molar-refractivity contribution in [3.63, 3.8) is 0 Å². The second kappa shape index (κ2) is 7.61. The molecule has 0 fully saturated rings. The summed E-state index contributed by atoms with van der Waals surface area (Å²) in [6, 6.07) is 10.3.